The van der Waals surface area contributed by atoms with Crippen molar-refractivity contribution in [2.24, 2.45) is 28.2 Å². The number of methoxy groups -OCH3 is 2. The molecular weight excluding hydrogens is 643 g/mol. The van der Waals surface area contributed by atoms with E-state index in [0.717, 1.165) is 3.57 Å². The van der Waals surface area contributed by atoms with Crippen LogP contribution in [0.5, 0.6) is 0 Å². The molecule has 4 rings (SSSR count). The molecule has 12 nitrogen and oxygen atoms in total. The number of hydrogen-bond donors (Lipinski definition) is 0. The topological polar surface area (TPSA) is 113 Å². The lowest BCUT2D eigenvalue weighted by Gasteiger charge is -2.15. The summed E-state index contributed by atoms with van der Waals surface area (Å²) < 4.78 is 17.2. The van der Waals surface area contributed by atoms with Crippen LogP contribution in [0.1, 0.15) is 42.0 Å². The molecule has 0 unspecified atom stereocenters. The third-order valence-corrected chi connectivity index (χ3v) is 7.10. The molecule has 0 aliphatic carbocycles. The van der Waals surface area contributed by atoms with E-state index in [2.05, 4.69) is 22.6 Å². The number of nitrogens with zero attached hydrogens (tertiary/aromatic N) is 6. The second-order valence-corrected chi connectivity index (χ2v) is 10.5. The molecule has 13 heteroatoms. The minimum Gasteiger partial charge on any atom is -0.464 e. The van der Waals surface area contributed by atoms with Crippen LogP contribution < -0.4 is 9.80 Å². The van der Waals surface area contributed by atoms with E-state index in [0.29, 0.717) is 34.2 Å². The molecule has 41 heavy (non-hydrogen) atoms. The molecule has 4 aromatic rings. The molecule has 0 fully saturated rings. The lowest BCUT2D eigenvalue weighted by molar-refractivity contribution is 0.0581. The Balaban J connectivity index is 0.000000226. The second-order valence-electron chi connectivity index (χ2n) is 9.26. The van der Waals surface area contributed by atoms with Crippen LogP contribution in [0.4, 0.5) is 11.4 Å². The Labute approximate surface area is 251 Å². The molecule has 0 spiro atoms. The van der Waals surface area contributed by atoms with Crippen LogP contribution in [0.15, 0.2) is 55.1 Å². The second kappa shape index (κ2) is 12.9. The van der Waals surface area contributed by atoms with Crippen molar-refractivity contribution in [1.29, 1.82) is 0 Å². The number of rotatable bonds is 6. The predicted molar refractivity (Wildman–Crippen MR) is 163 cm³/mol. The van der Waals surface area contributed by atoms with E-state index < -0.39 is 11.9 Å². The zero-order chi connectivity index (χ0) is 30.6. The van der Waals surface area contributed by atoms with E-state index in [9.17, 15) is 19.2 Å². The van der Waals surface area contributed by atoms with Gasteiger partial charge in [-0.2, -0.15) is 0 Å². The molecule has 0 aliphatic rings. The zero-order valence-electron chi connectivity index (χ0n) is 24.2. The number of aromatic nitrogens is 4. The molecule has 4 heterocycles. The van der Waals surface area contributed by atoms with Crippen molar-refractivity contribution >= 4 is 57.7 Å². The summed E-state index contributed by atoms with van der Waals surface area (Å²) in [5.41, 5.74) is 3.24. The molecule has 4 aromatic heterocycles. The summed E-state index contributed by atoms with van der Waals surface area (Å²) in [6.45, 7) is 0. The fourth-order valence-corrected chi connectivity index (χ4v) is 4.79. The first-order valence-corrected chi connectivity index (χ1v) is 13.4. The average molecular weight is 677 g/mol. The summed E-state index contributed by atoms with van der Waals surface area (Å²) in [4.78, 5) is 51.1. The van der Waals surface area contributed by atoms with Crippen LogP contribution in [0.25, 0.3) is 0 Å². The number of esters is 2. The van der Waals surface area contributed by atoms with E-state index in [1.807, 2.05) is 38.6 Å². The lowest BCUT2D eigenvalue weighted by atomic mass is 10.3. The molecule has 0 N–H and O–H groups in total. The Morgan fingerprint density at radius 3 is 1.46 bits per heavy atom. The summed E-state index contributed by atoms with van der Waals surface area (Å²) in [5, 5.41) is 0. The van der Waals surface area contributed by atoms with E-state index >= 15 is 0 Å². The van der Waals surface area contributed by atoms with Crippen LogP contribution >= 0.6 is 22.6 Å². The minimum absolute atomic E-state index is 0.137. The summed E-state index contributed by atoms with van der Waals surface area (Å²) in [6, 6.07) is 8.66. The third-order valence-electron chi connectivity index (χ3n) is 6.51. The standard InChI is InChI=1S/C14H16IN3O3.C14H17N3O3/c1-16-7-9(15)5-11(16)13(19)18(3)10-6-12(14(20)21-4)17(2)8-10;1-15-7-5-6-11(15)13(18)17(3)10-8-12(14(19)20-4)16(2)9-10/h5-8H,1-4H3;5-9H,1-4H3. The highest BCUT2D eigenvalue weighted by atomic mass is 127. The summed E-state index contributed by atoms with van der Waals surface area (Å²) in [6.07, 6.45) is 7.13. The molecule has 218 valence electrons. The highest BCUT2D eigenvalue weighted by Crippen LogP contribution is 2.21. The maximum absolute atomic E-state index is 12.5. The van der Waals surface area contributed by atoms with Gasteiger partial charge < -0.3 is 37.5 Å². The van der Waals surface area contributed by atoms with Crippen LogP contribution in [0, 0.1) is 3.57 Å². The van der Waals surface area contributed by atoms with Gasteiger partial charge in [-0.1, -0.05) is 0 Å². The normalized spacial score (nSPS) is 10.5. The van der Waals surface area contributed by atoms with Gasteiger partial charge in [0.05, 0.1) is 25.6 Å². The summed E-state index contributed by atoms with van der Waals surface area (Å²) in [7, 11) is 13.1. The average Bonchev–Trinajstić information content (AvgIpc) is 3.73. The van der Waals surface area contributed by atoms with Crippen molar-refractivity contribution in [3.63, 3.8) is 0 Å². The SMILES string of the molecule is COC(=O)c1cc(N(C)C(=O)c2cc(I)cn2C)cn1C.COC(=O)c1cc(N(C)C(=O)c2cccn2C)cn1C. The minimum atomic E-state index is -0.432. The lowest BCUT2D eigenvalue weighted by Crippen LogP contribution is -2.27. The number of carbonyl (C=O) groups is 4. The fraction of sp³-hybridized carbons (Fsp3) is 0.286. The van der Waals surface area contributed by atoms with E-state index in [4.69, 9.17) is 9.47 Å². The van der Waals surface area contributed by atoms with Crippen LogP contribution in [0.3, 0.4) is 0 Å². The van der Waals surface area contributed by atoms with Crippen molar-refractivity contribution in [2.45, 2.75) is 0 Å². The number of carbonyl (C=O) groups excluding carboxylic acids is 4. The summed E-state index contributed by atoms with van der Waals surface area (Å²) in [5.74, 6) is -1.14. The van der Waals surface area contributed by atoms with Crippen molar-refractivity contribution in [2.75, 3.05) is 38.1 Å². The van der Waals surface area contributed by atoms with Gasteiger partial charge in [0.2, 0.25) is 0 Å². The Hall–Kier alpha value is -4.27. The van der Waals surface area contributed by atoms with Gasteiger partial charge in [-0.15, -0.1) is 0 Å². The third kappa shape index (κ3) is 6.73. The number of hydrogen-bond acceptors (Lipinski definition) is 6. The molecule has 0 saturated carbocycles. The first-order chi connectivity index (χ1) is 19.3. The molecule has 2 amide bonds. The highest BCUT2D eigenvalue weighted by molar-refractivity contribution is 14.1. The van der Waals surface area contributed by atoms with Gasteiger partial charge in [0.15, 0.2) is 0 Å². The van der Waals surface area contributed by atoms with Crippen LogP contribution in [0.2, 0.25) is 0 Å². The monoisotopic (exact) mass is 676 g/mol. The summed E-state index contributed by atoms with van der Waals surface area (Å²) >= 11 is 2.16. The van der Waals surface area contributed by atoms with Crippen molar-refractivity contribution < 1.29 is 28.7 Å². The quantitative estimate of drug-likeness (QED) is 0.229. The van der Waals surface area contributed by atoms with Gasteiger partial charge in [0, 0.05) is 70.6 Å². The Kier molecular flexibility index (Phi) is 9.86. The predicted octanol–water partition coefficient (Wildman–Crippen LogP) is 3.46. The fourth-order valence-electron chi connectivity index (χ4n) is 4.07. The molecule has 0 atom stereocenters. The Morgan fingerprint density at radius 2 is 1.10 bits per heavy atom. The number of anilines is 2. The maximum Gasteiger partial charge on any atom is 0.354 e. The molecule has 0 aliphatic heterocycles. The molecular formula is C28H33IN6O6. The highest BCUT2D eigenvalue weighted by Gasteiger charge is 2.22. The zero-order valence-corrected chi connectivity index (χ0v) is 26.4. The number of aryl methyl sites for hydroxylation is 4. The van der Waals surface area contributed by atoms with Crippen molar-refractivity contribution in [3.8, 4) is 0 Å². The molecule has 0 bridgehead atoms. The Morgan fingerprint density at radius 1 is 0.659 bits per heavy atom. The van der Waals surface area contributed by atoms with Gasteiger partial charge in [-0.25, -0.2) is 9.59 Å². The number of ether oxygens (including phenoxy) is 2. The van der Waals surface area contributed by atoms with E-state index in [1.165, 1.54) is 24.0 Å². The van der Waals surface area contributed by atoms with Crippen molar-refractivity contribution in [1.82, 2.24) is 18.3 Å². The van der Waals surface area contributed by atoms with Crippen LogP contribution in [-0.4, -0.2) is 70.3 Å². The first kappa shape index (κ1) is 31.3. The molecule has 0 aromatic carbocycles. The largest absolute Gasteiger partial charge is 0.464 e. The van der Waals surface area contributed by atoms with Gasteiger partial charge in [-0.3, -0.25) is 9.59 Å². The van der Waals surface area contributed by atoms with Gasteiger partial charge in [0.25, 0.3) is 11.8 Å². The first-order valence-electron chi connectivity index (χ1n) is 12.3. The number of halogens is 1. The smallest absolute Gasteiger partial charge is 0.354 e. The number of amides is 2. The maximum atomic E-state index is 12.5. The van der Waals surface area contributed by atoms with Gasteiger partial charge in [-0.05, 0) is 52.9 Å². The van der Waals surface area contributed by atoms with Crippen LogP contribution in [-0.2, 0) is 37.7 Å². The van der Waals surface area contributed by atoms with E-state index in [-0.39, 0.29) is 11.8 Å². The molecule has 0 saturated heterocycles. The van der Waals surface area contributed by atoms with Crippen molar-refractivity contribution in [3.05, 3.63) is 81.5 Å². The Bertz CT molecular complexity index is 1590. The molecule has 0 radical (unpaired) electrons. The van der Waals surface area contributed by atoms with Gasteiger partial charge in [0.1, 0.15) is 22.8 Å². The van der Waals surface area contributed by atoms with E-state index in [1.54, 1.807) is 77.1 Å². The van der Waals surface area contributed by atoms with Gasteiger partial charge >= 0.3 is 11.9 Å².